The molecule has 6 nitrogen and oxygen atoms in total. The molecule has 1 aromatic heterocycles. The van der Waals surface area contributed by atoms with Gasteiger partial charge in [-0.25, -0.2) is 9.97 Å². The van der Waals surface area contributed by atoms with Crippen LogP contribution in [0.1, 0.15) is 67.2 Å². The third-order valence-electron chi connectivity index (χ3n) is 6.70. The number of hydrogen-bond donors (Lipinski definition) is 0. The summed E-state index contributed by atoms with van der Waals surface area (Å²) in [6, 6.07) is 8.63. The summed E-state index contributed by atoms with van der Waals surface area (Å²) in [5.41, 5.74) is 4.63. The Morgan fingerprint density at radius 1 is 1.19 bits per heavy atom. The summed E-state index contributed by atoms with van der Waals surface area (Å²) in [6.45, 7) is 10.1. The van der Waals surface area contributed by atoms with E-state index in [1.165, 1.54) is 11.1 Å². The van der Waals surface area contributed by atoms with Gasteiger partial charge < -0.3 is 14.5 Å². The van der Waals surface area contributed by atoms with Gasteiger partial charge in [-0.2, -0.15) is 0 Å². The molecule has 0 radical (unpaired) electrons. The highest BCUT2D eigenvalue weighted by molar-refractivity contribution is 5.81. The normalized spacial score (nSPS) is 17.5. The quantitative estimate of drug-likeness (QED) is 0.624. The standard InChI is InChI=1S/C26H36N4O2/c1-5-19(3)24-27-23(17-32-4)22(16-20-8-6-7-18(2)15-20)25(28-24)29-11-13-30(14-12-29)26(31)21-9-10-21/h6-8,15,19,21H,5,9-14,16-17H2,1-4H3/t19-/m0/s1. The predicted molar refractivity (Wildman–Crippen MR) is 127 cm³/mol. The van der Waals surface area contributed by atoms with Crippen LogP contribution in [-0.2, 0) is 22.6 Å². The molecule has 0 N–H and O–H groups in total. The number of amides is 1. The molecule has 1 saturated carbocycles. The second kappa shape index (κ2) is 9.99. The summed E-state index contributed by atoms with van der Waals surface area (Å²) >= 11 is 0. The van der Waals surface area contributed by atoms with Crippen LogP contribution in [-0.4, -0.2) is 54.1 Å². The van der Waals surface area contributed by atoms with Gasteiger partial charge in [0.25, 0.3) is 0 Å². The molecule has 1 atom stereocenters. The maximum atomic E-state index is 12.5. The minimum absolute atomic E-state index is 0.280. The number of hydrogen-bond acceptors (Lipinski definition) is 5. The molecule has 172 valence electrons. The first kappa shape index (κ1) is 22.7. The van der Waals surface area contributed by atoms with Crippen molar-refractivity contribution >= 4 is 11.7 Å². The van der Waals surface area contributed by atoms with Crippen molar-refractivity contribution in [1.29, 1.82) is 0 Å². The molecule has 1 amide bonds. The minimum Gasteiger partial charge on any atom is -0.378 e. The van der Waals surface area contributed by atoms with E-state index in [0.29, 0.717) is 12.5 Å². The number of methoxy groups -OCH3 is 1. The van der Waals surface area contributed by atoms with Crippen molar-refractivity contribution in [2.45, 2.75) is 59.0 Å². The maximum absolute atomic E-state index is 12.5. The van der Waals surface area contributed by atoms with Gasteiger partial charge in [-0.05, 0) is 31.7 Å². The van der Waals surface area contributed by atoms with E-state index in [0.717, 1.165) is 74.8 Å². The van der Waals surface area contributed by atoms with E-state index in [4.69, 9.17) is 14.7 Å². The number of aryl methyl sites for hydroxylation is 1. The summed E-state index contributed by atoms with van der Waals surface area (Å²) in [4.78, 5) is 27.0. The smallest absolute Gasteiger partial charge is 0.225 e. The van der Waals surface area contributed by atoms with Crippen LogP contribution in [0.4, 0.5) is 5.82 Å². The van der Waals surface area contributed by atoms with Crippen molar-refractivity contribution in [3.8, 4) is 0 Å². The van der Waals surface area contributed by atoms with Gasteiger partial charge in [0.05, 0.1) is 12.3 Å². The Morgan fingerprint density at radius 2 is 1.94 bits per heavy atom. The lowest BCUT2D eigenvalue weighted by Crippen LogP contribution is -2.50. The van der Waals surface area contributed by atoms with Crippen LogP contribution in [0, 0.1) is 12.8 Å². The molecule has 2 aromatic rings. The van der Waals surface area contributed by atoms with Gasteiger partial charge in [0.2, 0.25) is 5.91 Å². The first-order chi connectivity index (χ1) is 15.5. The summed E-state index contributed by atoms with van der Waals surface area (Å²) in [5, 5.41) is 0. The van der Waals surface area contributed by atoms with Crippen LogP contribution in [0.15, 0.2) is 24.3 Å². The zero-order chi connectivity index (χ0) is 22.7. The SMILES string of the molecule is CC[C@H](C)c1nc(COC)c(Cc2cccc(C)c2)c(N2CCN(C(=O)C3CC3)CC2)n1. The Bertz CT molecular complexity index is 949. The van der Waals surface area contributed by atoms with E-state index < -0.39 is 0 Å². The largest absolute Gasteiger partial charge is 0.378 e. The van der Waals surface area contributed by atoms with E-state index in [2.05, 4.69) is 49.9 Å². The summed E-state index contributed by atoms with van der Waals surface area (Å²) in [7, 11) is 1.73. The first-order valence-electron chi connectivity index (χ1n) is 12.0. The highest BCUT2D eigenvalue weighted by Crippen LogP contribution is 2.32. The molecular weight excluding hydrogens is 400 g/mol. The van der Waals surface area contributed by atoms with Crippen molar-refractivity contribution in [2.75, 3.05) is 38.2 Å². The molecule has 4 rings (SSSR count). The summed E-state index contributed by atoms with van der Waals surface area (Å²) < 4.78 is 5.56. The highest BCUT2D eigenvalue weighted by Gasteiger charge is 2.35. The first-order valence-corrected chi connectivity index (χ1v) is 12.0. The van der Waals surface area contributed by atoms with E-state index >= 15 is 0 Å². The fourth-order valence-electron chi connectivity index (χ4n) is 4.39. The Balaban J connectivity index is 1.67. The number of carbonyl (C=O) groups is 1. The van der Waals surface area contributed by atoms with E-state index in [1.54, 1.807) is 7.11 Å². The third kappa shape index (κ3) is 5.12. The third-order valence-corrected chi connectivity index (χ3v) is 6.70. The summed E-state index contributed by atoms with van der Waals surface area (Å²) in [6.07, 6.45) is 3.89. The molecule has 32 heavy (non-hydrogen) atoms. The maximum Gasteiger partial charge on any atom is 0.225 e. The monoisotopic (exact) mass is 436 g/mol. The lowest BCUT2D eigenvalue weighted by Gasteiger charge is -2.37. The van der Waals surface area contributed by atoms with Crippen LogP contribution in [0.3, 0.4) is 0 Å². The van der Waals surface area contributed by atoms with Crippen LogP contribution in [0.2, 0.25) is 0 Å². The van der Waals surface area contributed by atoms with Crippen molar-refractivity contribution in [1.82, 2.24) is 14.9 Å². The van der Waals surface area contributed by atoms with Crippen molar-refractivity contribution in [3.63, 3.8) is 0 Å². The Morgan fingerprint density at radius 3 is 2.56 bits per heavy atom. The Kier molecular flexibility index (Phi) is 7.09. The second-order valence-electron chi connectivity index (χ2n) is 9.33. The van der Waals surface area contributed by atoms with Crippen molar-refractivity contribution in [3.05, 3.63) is 52.5 Å². The Labute approximate surface area is 192 Å². The van der Waals surface area contributed by atoms with Crippen LogP contribution >= 0.6 is 0 Å². The number of aromatic nitrogens is 2. The average Bonchev–Trinajstić information content (AvgIpc) is 3.65. The molecule has 1 aromatic carbocycles. The molecule has 0 unspecified atom stereocenters. The fraction of sp³-hybridized carbons (Fsp3) is 0.577. The van der Waals surface area contributed by atoms with Crippen LogP contribution in [0.5, 0.6) is 0 Å². The number of ether oxygens (including phenoxy) is 1. The van der Waals surface area contributed by atoms with Crippen LogP contribution < -0.4 is 4.90 Å². The number of carbonyl (C=O) groups excluding carboxylic acids is 1. The van der Waals surface area contributed by atoms with Crippen molar-refractivity contribution in [2.24, 2.45) is 5.92 Å². The van der Waals surface area contributed by atoms with Gasteiger partial charge in [-0.1, -0.05) is 43.7 Å². The second-order valence-corrected chi connectivity index (χ2v) is 9.33. The van der Waals surface area contributed by atoms with E-state index in [-0.39, 0.29) is 11.8 Å². The molecule has 2 aliphatic rings. The Hall–Kier alpha value is -2.47. The van der Waals surface area contributed by atoms with Crippen molar-refractivity contribution < 1.29 is 9.53 Å². The summed E-state index contributed by atoms with van der Waals surface area (Å²) in [5.74, 6) is 2.81. The predicted octanol–water partition coefficient (Wildman–Crippen LogP) is 4.09. The minimum atomic E-state index is 0.280. The number of anilines is 1. The number of piperazine rings is 1. The molecule has 1 aliphatic heterocycles. The fourth-order valence-corrected chi connectivity index (χ4v) is 4.39. The molecular formula is C26H36N4O2. The molecule has 6 heteroatoms. The van der Waals surface area contributed by atoms with Gasteiger partial charge >= 0.3 is 0 Å². The van der Waals surface area contributed by atoms with Crippen LogP contribution in [0.25, 0.3) is 0 Å². The average molecular weight is 437 g/mol. The van der Waals surface area contributed by atoms with Gasteiger partial charge in [0.1, 0.15) is 11.6 Å². The molecule has 1 saturated heterocycles. The van der Waals surface area contributed by atoms with Gasteiger partial charge in [0, 0.05) is 57.1 Å². The molecule has 1 aliphatic carbocycles. The number of benzene rings is 1. The number of rotatable bonds is 8. The number of nitrogens with zero attached hydrogens (tertiary/aromatic N) is 4. The van der Waals surface area contributed by atoms with Gasteiger partial charge in [0.15, 0.2) is 0 Å². The van der Waals surface area contributed by atoms with E-state index in [9.17, 15) is 4.79 Å². The lowest BCUT2D eigenvalue weighted by molar-refractivity contribution is -0.132. The zero-order valence-electron chi connectivity index (χ0n) is 19.9. The molecule has 0 bridgehead atoms. The lowest BCUT2D eigenvalue weighted by atomic mass is 10.0. The molecule has 2 fully saturated rings. The molecule has 2 heterocycles. The van der Waals surface area contributed by atoms with E-state index in [1.807, 2.05) is 4.90 Å². The highest BCUT2D eigenvalue weighted by atomic mass is 16.5. The zero-order valence-corrected chi connectivity index (χ0v) is 19.9. The van der Waals surface area contributed by atoms with Gasteiger partial charge in [-0.15, -0.1) is 0 Å². The topological polar surface area (TPSA) is 58.6 Å². The van der Waals surface area contributed by atoms with Gasteiger partial charge in [-0.3, -0.25) is 4.79 Å². The molecule has 0 spiro atoms.